The molecule has 1 aliphatic rings. The molecule has 0 aromatic rings. The zero-order chi connectivity index (χ0) is 7.78. The van der Waals surface area contributed by atoms with Crippen LogP contribution in [0.3, 0.4) is 0 Å². The monoisotopic (exact) mass is 153 g/mol. The second-order valence-electron chi connectivity index (χ2n) is 2.28. The molecule has 0 amide bonds. The fraction of sp³-hybridized carbons (Fsp3) is 0.833. The molecule has 0 bridgehead atoms. The van der Waals surface area contributed by atoms with Crippen molar-refractivity contribution < 1.29 is 0 Å². The van der Waals surface area contributed by atoms with Gasteiger partial charge in [0.1, 0.15) is 0 Å². The van der Waals surface area contributed by atoms with Crippen molar-refractivity contribution >= 4 is 6.21 Å². The van der Waals surface area contributed by atoms with Gasteiger partial charge in [0.2, 0.25) is 0 Å². The van der Waals surface area contributed by atoms with Crippen molar-refractivity contribution in [3.8, 4) is 0 Å². The summed E-state index contributed by atoms with van der Waals surface area (Å²) < 4.78 is 0. The molecule has 0 spiro atoms. The minimum Gasteiger partial charge on any atom is -0.167 e. The van der Waals surface area contributed by atoms with Gasteiger partial charge in [0.05, 0.1) is 6.54 Å². The molecular formula is C6H11N5. The maximum Gasteiger partial charge on any atom is 0.0621 e. The van der Waals surface area contributed by atoms with E-state index in [4.69, 9.17) is 0 Å². The molecule has 1 rings (SSSR count). The first-order valence-electron chi connectivity index (χ1n) is 3.78. The summed E-state index contributed by atoms with van der Waals surface area (Å²) in [6, 6.07) is 0. The van der Waals surface area contributed by atoms with E-state index in [2.05, 4.69) is 25.9 Å². The predicted octanol–water partition coefficient (Wildman–Crippen LogP) is 2.37. The summed E-state index contributed by atoms with van der Waals surface area (Å²) >= 11 is 0. The van der Waals surface area contributed by atoms with Gasteiger partial charge in [0.25, 0.3) is 0 Å². The van der Waals surface area contributed by atoms with Crippen molar-refractivity contribution in [2.45, 2.75) is 25.7 Å². The van der Waals surface area contributed by atoms with Gasteiger partial charge in [-0.15, -0.1) is 5.10 Å². The van der Waals surface area contributed by atoms with Crippen LogP contribution in [0.1, 0.15) is 25.7 Å². The van der Waals surface area contributed by atoms with Gasteiger partial charge in [0, 0.05) is 6.21 Å². The lowest BCUT2D eigenvalue weighted by Gasteiger charge is -1.91. The largest absolute Gasteiger partial charge is 0.167 e. The fourth-order valence-electron chi connectivity index (χ4n) is 0.803. The van der Waals surface area contributed by atoms with Gasteiger partial charge < -0.3 is 0 Å². The Morgan fingerprint density at radius 1 is 0.909 bits per heavy atom. The lowest BCUT2D eigenvalue weighted by molar-refractivity contribution is 0.689. The average Bonchev–Trinajstić information content (AvgIpc) is 2.08. The molecule has 11 heavy (non-hydrogen) atoms. The third-order valence-corrected chi connectivity index (χ3v) is 1.37. The van der Waals surface area contributed by atoms with Gasteiger partial charge in [-0.3, -0.25) is 0 Å². The average molecular weight is 153 g/mol. The van der Waals surface area contributed by atoms with Gasteiger partial charge in [-0.25, -0.2) is 0 Å². The SMILES string of the molecule is C1=NN=NN=NCCCCC1. The van der Waals surface area contributed by atoms with Crippen LogP contribution in [0, 0.1) is 0 Å². The van der Waals surface area contributed by atoms with Gasteiger partial charge in [-0.05, 0) is 34.9 Å². The third-order valence-electron chi connectivity index (χ3n) is 1.37. The van der Waals surface area contributed by atoms with Crippen molar-refractivity contribution in [2.75, 3.05) is 6.54 Å². The number of hydrogen-bond acceptors (Lipinski definition) is 5. The summed E-state index contributed by atoms with van der Waals surface area (Å²) in [4.78, 5) is 0. The lowest BCUT2D eigenvalue weighted by atomic mass is 10.2. The van der Waals surface area contributed by atoms with E-state index in [1.165, 1.54) is 6.42 Å². The highest BCUT2D eigenvalue weighted by atomic mass is 15.5. The highest BCUT2D eigenvalue weighted by molar-refractivity contribution is 5.56. The summed E-state index contributed by atoms with van der Waals surface area (Å²) in [6.07, 6.45) is 6.12. The first kappa shape index (κ1) is 7.97. The summed E-state index contributed by atoms with van der Waals surface area (Å²) in [5.74, 6) is 0. The van der Waals surface area contributed by atoms with Crippen molar-refractivity contribution in [1.29, 1.82) is 0 Å². The highest BCUT2D eigenvalue weighted by Crippen LogP contribution is 1.99. The summed E-state index contributed by atoms with van der Waals surface area (Å²) in [6.45, 7) is 0.749. The van der Waals surface area contributed by atoms with Crippen molar-refractivity contribution in [1.82, 2.24) is 0 Å². The van der Waals surface area contributed by atoms with Gasteiger partial charge in [0.15, 0.2) is 0 Å². The minimum atomic E-state index is 0.749. The Labute approximate surface area is 65.3 Å². The molecule has 1 heterocycles. The molecule has 5 nitrogen and oxygen atoms in total. The van der Waals surface area contributed by atoms with Gasteiger partial charge >= 0.3 is 0 Å². The van der Waals surface area contributed by atoms with Crippen LogP contribution in [-0.4, -0.2) is 12.8 Å². The number of hydrogen-bond donors (Lipinski definition) is 0. The number of nitrogens with zero attached hydrogens (tertiary/aromatic N) is 5. The van der Waals surface area contributed by atoms with Gasteiger partial charge in [-0.2, -0.15) is 5.11 Å². The molecule has 0 radical (unpaired) electrons. The highest BCUT2D eigenvalue weighted by Gasteiger charge is 1.87. The van der Waals surface area contributed by atoms with E-state index in [1.807, 2.05) is 0 Å². The number of rotatable bonds is 0. The van der Waals surface area contributed by atoms with Crippen molar-refractivity contribution in [3.63, 3.8) is 0 Å². The molecule has 0 aromatic heterocycles. The second kappa shape index (κ2) is 5.64. The molecule has 0 fully saturated rings. The zero-order valence-corrected chi connectivity index (χ0v) is 6.35. The standard InChI is InChI=1S/C6H11N5/c1-2-4-6-8-10-11-9-7-5-3-1/h5H,1-4,6H2. The maximum atomic E-state index is 3.76. The molecule has 0 aromatic carbocycles. The van der Waals surface area contributed by atoms with E-state index >= 15 is 0 Å². The fourth-order valence-corrected chi connectivity index (χ4v) is 0.803. The molecule has 1 aliphatic heterocycles. The normalized spacial score (nSPS) is 19.6. The molecule has 0 unspecified atom stereocenters. The van der Waals surface area contributed by atoms with E-state index in [0.717, 1.165) is 25.8 Å². The zero-order valence-electron chi connectivity index (χ0n) is 6.35. The third kappa shape index (κ3) is 4.30. The molecule has 0 saturated carbocycles. The van der Waals surface area contributed by atoms with Crippen LogP contribution in [0.4, 0.5) is 0 Å². The van der Waals surface area contributed by atoms with Crippen LogP contribution < -0.4 is 0 Å². The maximum absolute atomic E-state index is 3.76. The van der Waals surface area contributed by atoms with Gasteiger partial charge in [-0.1, -0.05) is 6.42 Å². The molecule has 0 aliphatic carbocycles. The van der Waals surface area contributed by atoms with Crippen molar-refractivity contribution in [2.24, 2.45) is 25.9 Å². The molecule has 0 atom stereocenters. The Balaban J connectivity index is 2.36. The topological polar surface area (TPSA) is 61.8 Å². The Hall–Kier alpha value is -1.13. The van der Waals surface area contributed by atoms with Crippen LogP contribution >= 0.6 is 0 Å². The molecule has 0 saturated heterocycles. The van der Waals surface area contributed by atoms with Crippen LogP contribution in [0.25, 0.3) is 0 Å². The van der Waals surface area contributed by atoms with E-state index in [1.54, 1.807) is 6.21 Å². The molecule has 5 heteroatoms. The van der Waals surface area contributed by atoms with E-state index in [-0.39, 0.29) is 0 Å². The van der Waals surface area contributed by atoms with Crippen LogP contribution in [0.15, 0.2) is 25.9 Å². The summed E-state index contributed by atoms with van der Waals surface area (Å²) in [5, 5.41) is 17.6. The van der Waals surface area contributed by atoms with Crippen LogP contribution in [0.2, 0.25) is 0 Å². The van der Waals surface area contributed by atoms with E-state index in [9.17, 15) is 0 Å². The smallest absolute Gasteiger partial charge is 0.0621 e. The first-order valence-corrected chi connectivity index (χ1v) is 3.78. The molecular weight excluding hydrogens is 142 g/mol. The minimum absolute atomic E-state index is 0.749. The molecule has 60 valence electrons. The molecule has 0 N–H and O–H groups in total. The summed E-state index contributed by atoms with van der Waals surface area (Å²) in [7, 11) is 0. The first-order chi connectivity index (χ1) is 5.50. The Bertz CT molecular complexity index is 154. The van der Waals surface area contributed by atoms with E-state index < -0.39 is 0 Å². The Morgan fingerprint density at radius 2 is 1.91 bits per heavy atom. The van der Waals surface area contributed by atoms with Crippen LogP contribution in [-0.2, 0) is 0 Å². The van der Waals surface area contributed by atoms with E-state index in [0.29, 0.717) is 0 Å². The Morgan fingerprint density at radius 3 is 2.91 bits per heavy atom. The van der Waals surface area contributed by atoms with Crippen LogP contribution in [0.5, 0.6) is 0 Å². The van der Waals surface area contributed by atoms with Crippen molar-refractivity contribution in [3.05, 3.63) is 0 Å². The quantitative estimate of drug-likeness (QED) is 0.513. The Kier molecular flexibility index (Phi) is 4.09. The lowest BCUT2D eigenvalue weighted by Crippen LogP contribution is -1.81. The second-order valence-corrected chi connectivity index (χ2v) is 2.28. The summed E-state index contributed by atoms with van der Waals surface area (Å²) in [5.41, 5.74) is 0. The predicted molar refractivity (Wildman–Crippen MR) is 41.5 cm³/mol.